The molecule has 10 nitrogen and oxygen atoms in total. The van der Waals surface area contributed by atoms with Crippen molar-refractivity contribution in [2.24, 2.45) is 5.73 Å². The number of phosphoric ester groups is 1. The molecule has 0 aromatic heterocycles. The van der Waals surface area contributed by atoms with E-state index in [9.17, 15) is 19.0 Å². The number of hydrogen-bond donors (Lipinski definition) is 3. The highest BCUT2D eigenvalue weighted by Gasteiger charge is 2.27. The molecule has 3 atom stereocenters. The fraction of sp³-hybridized carbons (Fsp3) is 0.778. The van der Waals surface area contributed by atoms with Crippen molar-refractivity contribution in [1.82, 2.24) is 0 Å². The van der Waals surface area contributed by atoms with Crippen molar-refractivity contribution in [3.8, 4) is 0 Å². The Bertz CT molecular complexity index is 894. The summed E-state index contributed by atoms with van der Waals surface area (Å²) in [5.74, 6) is -1.81. The molecule has 11 heteroatoms. The summed E-state index contributed by atoms with van der Waals surface area (Å²) in [6.45, 7) is 3.70. The minimum absolute atomic E-state index is 0.00649. The van der Waals surface area contributed by atoms with Crippen LogP contribution >= 0.6 is 7.82 Å². The number of carboxylic acids is 1. The van der Waals surface area contributed by atoms with Crippen LogP contribution < -0.4 is 5.73 Å². The number of carbonyl (C=O) groups is 2. The van der Waals surface area contributed by atoms with Crippen LogP contribution in [0.4, 0.5) is 0 Å². The second kappa shape index (κ2) is 32.7. The number of ether oxygens (including phenoxy) is 2. The van der Waals surface area contributed by atoms with Crippen molar-refractivity contribution >= 4 is 19.8 Å². The largest absolute Gasteiger partial charge is 0.480 e. The van der Waals surface area contributed by atoms with E-state index in [1.807, 2.05) is 0 Å². The summed E-state index contributed by atoms with van der Waals surface area (Å²) in [5.41, 5.74) is 5.32. The Morgan fingerprint density at radius 3 is 1.83 bits per heavy atom. The molecule has 3 unspecified atom stereocenters. The van der Waals surface area contributed by atoms with Crippen LogP contribution in [0.5, 0.6) is 0 Å². The van der Waals surface area contributed by atoms with Gasteiger partial charge >= 0.3 is 19.8 Å². The summed E-state index contributed by atoms with van der Waals surface area (Å²) < 4.78 is 33.1. The first-order valence-corrected chi connectivity index (χ1v) is 19.5. The number of esters is 1. The van der Waals surface area contributed by atoms with E-state index >= 15 is 0 Å². The van der Waals surface area contributed by atoms with Gasteiger partial charge in [0, 0.05) is 13.0 Å². The summed E-state index contributed by atoms with van der Waals surface area (Å²) >= 11 is 0. The predicted octanol–water partition coefficient (Wildman–Crippen LogP) is 8.97. The monoisotopic (exact) mass is 687 g/mol. The topological polar surface area (TPSA) is 155 Å². The quantitative estimate of drug-likeness (QED) is 0.0258. The van der Waals surface area contributed by atoms with Crippen molar-refractivity contribution < 1.29 is 42.7 Å². The minimum Gasteiger partial charge on any atom is -0.480 e. The number of carboxylic acid groups (broad SMARTS) is 1. The van der Waals surface area contributed by atoms with Gasteiger partial charge in [-0.1, -0.05) is 127 Å². The van der Waals surface area contributed by atoms with Gasteiger partial charge in [0.15, 0.2) is 0 Å². The van der Waals surface area contributed by atoms with Gasteiger partial charge in [-0.3, -0.25) is 18.6 Å². The lowest BCUT2D eigenvalue weighted by Crippen LogP contribution is -2.34. The second-order valence-electron chi connectivity index (χ2n) is 12.0. The lowest BCUT2D eigenvalue weighted by molar-refractivity contribution is -0.154. The van der Waals surface area contributed by atoms with Crippen LogP contribution in [0.15, 0.2) is 36.5 Å². The van der Waals surface area contributed by atoms with Crippen molar-refractivity contribution in [2.45, 2.75) is 154 Å². The molecular weight excluding hydrogens is 621 g/mol. The number of allylic oxidation sites excluding steroid dienone is 6. The normalized spacial score (nSPS) is 14.6. The number of unbranched alkanes of at least 4 members (excludes halogenated alkanes) is 14. The van der Waals surface area contributed by atoms with E-state index in [4.69, 9.17) is 24.8 Å². The number of phosphoric acid groups is 1. The van der Waals surface area contributed by atoms with Crippen LogP contribution in [0.3, 0.4) is 0 Å². The Labute approximate surface area is 285 Å². The summed E-state index contributed by atoms with van der Waals surface area (Å²) in [6, 6.07) is -1.48. The van der Waals surface area contributed by atoms with Crippen molar-refractivity contribution in [3.05, 3.63) is 36.5 Å². The first kappa shape index (κ1) is 45.2. The molecule has 0 aliphatic heterocycles. The molecule has 0 rings (SSSR count). The van der Waals surface area contributed by atoms with Crippen molar-refractivity contribution in [1.29, 1.82) is 0 Å². The number of rotatable bonds is 34. The van der Waals surface area contributed by atoms with E-state index in [0.717, 1.165) is 57.8 Å². The summed E-state index contributed by atoms with van der Waals surface area (Å²) in [4.78, 5) is 33.3. The van der Waals surface area contributed by atoms with Crippen LogP contribution in [-0.2, 0) is 32.7 Å². The Morgan fingerprint density at radius 2 is 1.23 bits per heavy atom. The third-order valence-corrected chi connectivity index (χ3v) is 8.38. The Kier molecular flexibility index (Phi) is 31.5. The predicted molar refractivity (Wildman–Crippen MR) is 189 cm³/mol. The fourth-order valence-electron chi connectivity index (χ4n) is 4.62. The van der Waals surface area contributed by atoms with E-state index in [2.05, 4.69) is 54.8 Å². The lowest BCUT2D eigenvalue weighted by atomic mass is 10.1. The standard InChI is InChI=1S/C36H66NO9P/c1-3-5-7-9-11-13-15-17-18-20-22-24-26-28-35(38)46-33(31-44-47(41,42)45-32-34(37)36(39)40)30-43-29-27-25-23-21-19-16-14-12-10-8-6-4-2/h5,7,11,13,17-18,33-34H,3-4,6,8-10,12,14-16,19-32,37H2,1-2H3,(H,39,40)(H,41,42)/b7-5-,13-11-,18-17-. The van der Waals surface area contributed by atoms with E-state index in [1.54, 1.807) is 0 Å². The molecule has 0 aromatic carbocycles. The molecule has 0 aromatic rings. The molecule has 0 bridgehead atoms. The Hall–Kier alpha value is -1.81. The van der Waals surface area contributed by atoms with Gasteiger partial charge in [0.1, 0.15) is 12.1 Å². The second-order valence-corrected chi connectivity index (χ2v) is 13.4. The molecule has 0 amide bonds. The number of hydrogen-bond acceptors (Lipinski definition) is 8. The average Bonchev–Trinajstić information content (AvgIpc) is 3.04. The number of carbonyl (C=O) groups excluding carboxylic acids is 1. The number of nitrogens with two attached hydrogens (primary N) is 1. The third-order valence-electron chi connectivity index (χ3n) is 7.43. The van der Waals surface area contributed by atoms with E-state index in [0.29, 0.717) is 13.0 Å². The highest BCUT2D eigenvalue weighted by atomic mass is 31.2. The molecule has 0 saturated heterocycles. The maximum atomic E-state index is 12.5. The van der Waals surface area contributed by atoms with E-state index in [1.165, 1.54) is 57.8 Å². The maximum Gasteiger partial charge on any atom is 0.472 e. The Balaban J connectivity index is 4.39. The molecule has 274 valence electrons. The first-order chi connectivity index (χ1) is 22.7. The van der Waals surface area contributed by atoms with Crippen LogP contribution in [-0.4, -0.2) is 60.5 Å². The molecule has 0 spiro atoms. The summed E-state index contributed by atoms with van der Waals surface area (Å²) in [7, 11) is -4.61. The zero-order chi connectivity index (χ0) is 34.9. The highest BCUT2D eigenvalue weighted by Crippen LogP contribution is 2.43. The fourth-order valence-corrected chi connectivity index (χ4v) is 5.39. The molecule has 0 aliphatic carbocycles. The molecule has 0 fully saturated rings. The third kappa shape index (κ3) is 32.5. The van der Waals surface area contributed by atoms with Gasteiger partial charge in [-0.15, -0.1) is 0 Å². The zero-order valence-electron chi connectivity index (χ0n) is 29.4. The van der Waals surface area contributed by atoms with Crippen molar-refractivity contribution in [2.75, 3.05) is 26.4 Å². The molecule has 0 saturated carbocycles. The molecule has 0 heterocycles. The molecular formula is C36H66NO9P. The van der Waals surface area contributed by atoms with Gasteiger partial charge in [-0.2, -0.15) is 0 Å². The minimum atomic E-state index is -4.61. The first-order valence-electron chi connectivity index (χ1n) is 18.0. The van der Waals surface area contributed by atoms with Gasteiger partial charge < -0.3 is 25.2 Å². The smallest absolute Gasteiger partial charge is 0.472 e. The van der Waals surface area contributed by atoms with Gasteiger partial charge in [0.25, 0.3) is 0 Å². The number of aliphatic carboxylic acids is 1. The van der Waals surface area contributed by atoms with Crippen LogP contribution in [0.25, 0.3) is 0 Å². The van der Waals surface area contributed by atoms with Gasteiger partial charge in [0.05, 0.1) is 19.8 Å². The average molecular weight is 688 g/mol. The van der Waals surface area contributed by atoms with Crippen LogP contribution in [0.2, 0.25) is 0 Å². The molecule has 47 heavy (non-hydrogen) atoms. The SMILES string of the molecule is CC/C=C\C/C=C\C/C=C\CCCCCC(=O)OC(COCCCCCCCCCCCCCC)COP(=O)(O)OCC(N)C(=O)O. The van der Waals surface area contributed by atoms with Crippen LogP contribution in [0, 0.1) is 0 Å². The van der Waals surface area contributed by atoms with Gasteiger partial charge in [-0.25, -0.2) is 4.57 Å². The molecule has 4 N–H and O–H groups in total. The highest BCUT2D eigenvalue weighted by molar-refractivity contribution is 7.47. The van der Waals surface area contributed by atoms with Gasteiger partial charge in [-0.05, 0) is 44.9 Å². The van der Waals surface area contributed by atoms with E-state index in [-0.39, 0.29) is 13.0 Å². The molecule has 0 radical (unpaired) electrons. The lowest BCUT2D eigenvalue weighted by Gasteiger charge is -2.20. The van der Waals surface area contributed by atoms with Crippen molar-refractivity contribution in [3.63, 3.8) is 0 Å². The summed E-state index contributed by atoms with van der Waals surface area (Å²) in [5, 5.41) is 8.85. The van der Waals surface area contributed by atoms with Crippen LogP contribution in [0.1, 0.15) is 142 Å². The molecule has 0 aliphatic rings. The maximum absolute atomic E-state index is 12.5. The van der Waals surface area contributed by atoms with Gasteiger partial charge in [0.2, 0.25) is 0 Å². The van der Waals surface area contributed by atoms with E-state index < -0.39 is 45.1 Å². The summed E-state index contributed by atoms with van der Waals surface area (Å²) in [6.07, 6.45) is 33.4. The zero-order valence-corrected chi connectivity index (χ0v) is 30.3. The Morgan fingerprint density at radius 1 is 0.702 bits per heavy atom.